The number of nitro groups is 1. The molecule has 0 atom stereocenters. The van der Waals surface area contributed by atoms with E-state index in [0.29, 0.717) is 10.5 Å². The van der Waals surface area contributed by atoms with Crippen LogP contribution in [0.5, 0.6) is 0 Å². The van der Waals surface area contributed by atoms with Gasteiger partial charge in [-0.3, -0.25) is 14.9 Å². The van der Waals surface area contributed by atoms with Crippen LogP contribution in [0.15, 0.2) is 56.7 Å². The van der Waals surface area contributed by atoms with Gasteiger partial charge in [0.1, 0.15) is 0 Å². The fourth-order valence-electron chi connectivity index (χ4n) is 3.03. The summed E-state index contributed by atoms with van der Waals surface area (Å²) in [6.45, 7) is 0. The molecule has 5 nitrogen and oxygen atoms in total. The van der Waals surface area contributed by atoms with Crippen LogP contribution >= 0.6 is 27.7 Å². The zero-order valence-corrected chi connectivity index (χ0v) is 16.5. The number of carbonyl (C=O) groups is 1. The minimum Gasteiger partial charge on any atom is -0.349 e. The van der Waals surface area contributed by atoms with Crippen LogP contribution in [0.2, 0.25) is 0 Å². The summed E-state index contributed by atoms with van der Waals surface area (Å²) >= 11 is 4.69. The smallest absolute Gasteiger partial charge is 0.284 e. The van der Waals surface area contributed by atoms with Crippen molar-refractivity contribution in [3.63, 3.8) is 0 Å². The molecule has 2 aromatic rings. The Morgan fingerprint density at radius 3 is 2.46 bits per heavy atom. The summed E-state index contributed by atoms with van der Waals surface area (Å²) in [4.78, 5) is 24.9. The molecule has 0 radical (unpaired) electrons. The molecular weight excluding hydrogens is 416 g/mol. The largest absolute Gasteiger partial charge is 0.349 e. The highest BCUT2D eigenvalue weighted by Gasteiger charge is 2.21. The molecule has 26 heavy (non-hydrogen) atoms. The van der Waals surface area contributed by atoms with Crippen LogP contribution in [0.3, 0.4) is 0 Å². The minimum absolute atomic E-state index is 0.0470. The van der Waals surface area contributed by atoms with Gasteiger partial charge in [-0.25, -0.2) is 0 Å². The Morgan fingerprint density at radius 2 is 1.81 bits per heavy atom. The Balaban J connectivity index is 1.78. The van der Waals surface area contributed by atoms with Crippen LogP contribution in [0.1, 0.15) is 42.5 Å². The lowest BCUT2D eigenvalue weighted by Gasteiger charge is -2.22. The number of nitrogens with one attached hydrogen (secondary N) is 1. The quantitative estimate of drug-likeness (QED) is 0.492. The van der Waals surface area contributed by atoms with Gasteiger partial charge < -0.3 is 5.32 Å². The molecule has 0 spiro atoms. The predicted molar refractivity (Wildman–Crippen MR) is 106 cm³/mol. The molecule has 1 N–H and O–H groups in total. The maximum atomic E-state index is 12.4. The average molecular weight is 435 g/mol. The molecule has 1 fully saturated rings. The van der Waals surface area contributed by atoms with Gasteiger partial charge in [0.2, 0.25) is 0 Å². The Morgan fingerprint density at radius 1 is 1.12 bits per heavy atom. The lowest BCUT2D eigenvalue weighted by atomic mass is 9.95. The minimum atomic E-state index is -0.432. The maximum absolute atomic E-state index is 12.4. The Bertz CT molecular complexity index is 805. The second kappa shape index (κ2) is 8.68. The fourth-order valence-corrected chi connectivity index (χ4v) is 4.20. The van der Waals surface area contributed by atoms with Gasteiger partial charge in [-0.1, -0.05) is 47.0 Å². The topological polar surface area (TPSA) is 72.2 Å². The van der Waals surface area contributed by atoms with Crippen molar-refractivity contribution < 1.29 is 9.72 Å². The van der Waals surface area contributed by atoms with E-state index in [1.807, 2.05) is 24.3 Å². The number of amides is 1. The number of halogens is 1. The van der Waals surface area contributed by atoms with E-state index in [-0.39, 0.29) is 17.6 Å². The van der Waals surface area contributed by atoms with E-state index in [9.17, 15) is 14.9 Å². The molecule has 3 rings (SSSR count). The molecule has 1 amide bonds. The molecule has 2 aromatic carbocycles. The van der Waals surface area contributed by atoms with E-state index < -0.39 is 4.92 Å². The van der Waals surface area contributed by atoms with Gasteiger partial charge in [-0.2, -0.15) is 0 Å². The monoisotopic (exact) mass is 434 g/mol. The molecule has 136 valence electrons. The van der Waals surface area contributed by atoms with E-state index in [2.05, 4.69) is 21.2 Å². The summed E-state index contributed by atoms with van der Waals surface area (Å²) < 4.78 is 0.950. The van der Waals surface area contributed by atoms with E-state index in [1.165, 1.54) is 24.2 Å². The third-order valence-electron chi connectivity index (χ3n) is 4.40. The van der Waals surface area contributed by atoms with Gasteiger partial charge >= 0.3 is 0 Å². The molecule has 0 heterocycles. The summed E-state index contributed by atoms with van der Waals surface area (Å²) in [6, 6.07) is 12.4. The van der Waals surface area contributed by atoms with Gasteiger partial charge in [-0.15, -0.1) is 0 Å². The zero-order chi connectivity index (χ0) is 18.5. The Kier molecular flexibility index (Phi) is 6.32. The Labute approximate surface area is 164 Å². The van der Waals surface area contributed by atoms with Gasteiger partial charge in [0.15, 0.2) is 0 Å². The fraction of sp³-hybridized carbons (Fsp3) is 0.316. The summed E-state index contributed by atoms with van der Waals surface area (Å²) in [7, 11) is 0. The number of carbonyl (C=O) groups excluding carboxylic acids is 1. The van der Waals surface area contributed by atoms with Gasteiger partial charge in [0.05, 0.1) is 9.82 Å². The van der Waals surface area contributed by atoms with Crippen molar-refractivity contribution in [3.8, 4) is 0 Å². The van der Waals surface area contributed by atoms with Crippen molar-refractivity contribution in [3.05, 3.63) is 62.6 Å². The maximum Gasteiger partial charge on any atom is 0.284 e. The normalized spacial score (nSPS) is 14.8. The molecular formula is C19H19BrN2O3S. The molecule has 7 heteroatoms. The predicted octanol–water partition coefficient (Wildman–Crippen LogP) is 5.57. The molecule has 1 aliphatic carbocycles. The molecule has 0 unspecified atom stereocenters. The molecule has 1 aliphatic rings. The number of hydrogen-bond donors (Lipinski definition) is 1. The van der Waals surface area contributed by atoms with Crippen molar-refractivity contribution in [1.82, 2.24) is 5.32 Å². The highest BCUT2D eigenvalue weighted by atomic mass is 79.9. The third kappa shape index (κ3) is 4.86. The van der Waals surface area contributed by atoms with Crippen LogP contribution in [0.25, 0.3) is 0 Å². The van der Waals surface area contributed by atoms with Crippen molar-refractivity contribution >= 4 is 39.3 Å². The molecule has 0 aromatic heterocycles. The molecule has 0 bridgehead atoms. The number of hydrogen-bond acceptors (Lipinski definition) is 4. The number of nitrogens with zero attached hydrogens (tertiary/aromatic N) is 1. The molecule has 1 saturated carbocycles. The first-order valence-electron chi connectivity index (χ1n) is 8.55. The van der Waals surface area contributed by atoms with Crippen LogP contribution in [-0.4, -0.2) is 16.9 Å². The van der Waals surface area contributed by atoms with Crippen LogP contribution in [0, 0.1) is 10.1 Å². The first kappa shape index (κ1) is 18.9. The van der Waals surface area contributed by atoms with E-state index in [1.54, 1.807) is 12.1 Å². The average Bonchev–Trinajstić information content (AvgIpc) is 2.64. The molecule has 0 saturated heterocycles. The number of rotatable bonds is 5. The second-order valence-electron chi connectivity index (χ2n) is 6.30. The standard InChI is InChI=1S/C19H19BrN2O3S/c20-14-7-9-16(10-8-14)26-18-11-6-13(12-17(18)22(24)25)19(23)21-15-4-2-1-3-5-15/h6-12,15H,1-5H2,(H,21,23). The first-order valence-corrected chi connectivity index (χ1v) is 10.2. The highest BCUT2D eigenvalue weighted by molar-refractivity contribution is 9.10. The van der Waals surface area contributed by atoms with E-state index in [4.69, 9.17) is 0 Å². The summed E-state index contributed by atoms with van der Waals surface area (Å²) in [5.41, 5.74) is 0.289. The summed E-state index contributed by atoms with van der Waals surface area (Å²) in [5, 5.41) is 14.5. The summed E-state index contributed by atoms with van der Waals surface area (Å²) in [6.07, 6.45) is 5.40. The van der Waals surface area contributed by atoms with Gasteiger partial charge in [0, 0.05) is 27.0 Å². The van der Waals surface area contributed by atoms with Crippen LogP contribution in [-0.2, 0) is 0 Å². The number of benzene rings is 2. The second-order valence-corrected chi connectivity index (χ2v) is 8.34. The first-order chi connectivity index (χ1) is 12.5. The van der Waals surface area contributed by atoms with Crippen molar-refractivity contribution in [2.24, 2.45) is 0 Å². The number of nitro benzene ring substituents is 1. The van der Waals surface area contributed by atoms with Crippen molar-refractivity contribution in [1.29, 1.82) is 0 Å². The van der Waals surface area contributed by atoms with Crippen LogP contribution in [0.4, 0.5) is 5.69 Å². The van der Waals surface area contributed by atoms with Crippen molar-refractivity contribution in [2.75, 3.05) is 0 Å². The van der Waals surface area contributed by atoms with E-state index in [0.717, 1.165) is 35.1 Å². The SMILES string of the molecule is O=C(NC1CCCCC1)c1ccc(Sc2ccc(Br)cc2)c([N+](=O)[O-])c1. The summed E-state index contributed by atoms with van der Waals surface area (Å²) in [5.74, 6) is -0.236. The van der Waals surface area contributed by atoms with Gasteiger partial charge in [-0.05, 0) is 49.2 Å². The van der Waals surface area contributed by atoms with Gasteiger partial charge in [0.25, 0.3) is 11.6 Å². The van der Waals surface area contributed by atoms with Crippen LogP contribution < -0.4 is 5.32 Å². The van der Waals surface area contributed by atoms with Crippen molar-refractivity contribution in [2.45, 2.75) is 47.9 Å². The Hall–Kier alpha value is -1.86. The zero-order valence-electron chi connectivity index (χ0n) is 14.1. The lowest BCUT2D eigenvalue weighted by molar-refractivity contribution is -0.387. The van der Waals surface area contributed by atoms with E-state index >= 15 is 0 Å². The molecule has 0 aliphatic heterocycles. The lowest BCUT2D eigenvalue weighted by Crippen LogP contribution is -2.36. The third-order valence-corrected chi connectivity index (χ3v) is 6.00. The highest BCUT2D eigenvalue weighted by Crippen LogP contribution is 2.35.